The third kappa shape index (κ3) is 4.96. The van der Waals surface area contributed by atoms with Crippen LogP contribution in [-0.4, -0.2) is 46.7 Å². The number of carbonyl (C=O) groups is 2. The van der Waals surface area contributed by atoms with E-state index in [1.54, 1.807) is 17.3 Å². The molecule has 2 aromatic carbocycles. The predicted octanol–water partition coefficient (Wildman–Crippen LogP) is 5.01. The number of hydrogen-bond donors (Lipinski definition) is 0. The number of rotatable bonds is 7. The van der Waals surface area contributed by atoms with E-state index in [1.165, 1.54) is 22.5 Å². The van der Waals surface area contributed by atoms with Crippen molar-refractivity contribution in [2.24, 2.45) is 5.92 Å². The van der Waals surface area contributed by atoms with E-state index in [0.717, 1.165) is 47.7 Å². The van der Waals surface area contributed by atoms with Crippen molar-refractivity contribution in [3.05, 3.63) is 80.8 Å². The lowest BCUT2D eigenvalue weighted by Gasteiger charge is -2.38. The number of benzene rings is 2. The molecule has 1 aliphatic heterocycles. The first-order chi connectivity index (χ1) is 16.9. The Balaban J connectivity index is 1.40. The lowest BCUT2D eigenvalue weighted by molar-refractivity contribution is -0.134. The topological polar surface area (TPSA) is 62.7 Å². The van der Waals surface area contributed by atoms with E-state index in [9.17, 15) is 9.59 Å². The van der Waals surface area contributed by atoms with Gasteiger partial charge in [0.1, 0.15) is 23.1 Å². The van der Waals surface area contributed by atoms with Crippen LogP contribution in [0.15, 0.2) is 47.8 Å². The molecule has 3 aromatic rings. The molecule has 182 valence electrons. The van der Waals surface area contributed by atoms with Crippen LogP contribution >= 0.6 is 11.3 Å². The summed E-state index contributed by atoms with van der Waals surface area (Å²) in [5.74, 6) is 1.11. The number of carbonyl (C=O) groups excluding carboxylic acids is 2. The van der Waals surface area contributed by atoms with Crippen LogP contribution in [0.4, 0.5) is 0 Å². The van der Waals surface area contributed by atoms with Gasteiger partial charge in [0.25, 0.3) is 5.91 Å². The fraction of sp³-hybridized carbons (Fsp3) is 0.393. The van der Waals surface area contributed by atoms with Crippen LogP contribution in [0.3, 0.4) is 0 Å². The third-order valence-corrected chi connectivity index (χ3v) is 7.69. The quantitative estimate of drug-likeness (QED) is 0.468. The monoisotopic (exact) mass is 489 g/mol. The Morgan fingerprint density at radius 3 is 2.77 bits per heavy atom. The van der Waals surface area contributed by atoms with Gasteiger partial charge in [-0.15, -0.1) is 11.3 Å². The average molecular weight is 490 g/mol. The maximum absolute atomic E-state index is 13.2. The van der Waals surface area contributed by atoms with Gasteiger partial charge in [-0.3, -0.25) is 9.59 Å². The minimum atomic E-state index is -0.107. The number of aryl methyl sites for hydroxylation is 1. The maximum atomic E-state index is 13.2. The highest BCUT2D eigenvalue weighted by atomic mass is 32.1. The Labute approximate surface area is 210 Å². The predicted molar refractivity (Wildman–Crippen MR) is 137 cm³/mol. The van der Waals surface area contributed by atoms with Gasteiger partial charge in [0.15, 0.2) is 0 Å². The summed E-state index contributed by atoms with van der Waals surface area (Å²) in [5.41, 5.74) is 5.17. The Kier molecular flexibility index (Phi) is 6.60. The maximum Gasteiger partial charge on any atom is 0.273 e. The number of ether oxygens (including phenoxy) is 1. The van der Waals surface area contributed by atoms with Crippen LogP contribution in [0.2, 0.25) is 0 Å². The Bertz CT molecular complexity index is 1250. The van der Waals surface area contributed by atoms with Crippen molar-refractivity contribution in [3.63, 3.8) is 0 Å². The van der Waals surface area contributed by atoms with Gasteiger partial charge in [-0.05, 0) is 61.9 Å². The van der Waals surface area contributed by atoms with Crippen molar-refractivity contribution in [1.29, 1.82) is 0 Å². The second-order valence-electron chi connectivity index (χ2n) is 9.47. The molecular weight excluding hydrogens is 458 g/mol. The second-order valence-corrected chi connectivity index (χ2v) is 10.4. The molecule has 1 unspecified atom stereocenters. The van der Waals surface area contributed by atoms with E-state index in [4.69, 9.17) is 4.74 Å². The molecule has 2 heterocycles. The van der Waals surface area contributed by atoms with Crippen molar-refractivity contribution in [3.8, 4) is 5.75 Å². The third-order valence-electron chi connectivity index (χ3n) is 6.87. The molecule has 7 heteroatoms. The standard InChI is InChI=1S/C28H31N3O3S/c1-4-30(3)28(33)24-17-35-25(29-24)16-34-22-11-10-19-12-13-31(27(32)20-8-9-20)26(23(19)15-22)21-7-5-6-18(2)14-21/h5-7,10-11,14-15,17,20,26H,4,8-9,12-13,16H2,1-3H3. The van der Waals surface area contributed by atoms with Crippen molar-refractivity contribution < 1.29 is 14.3 Å². The van der Waals surface area contributed by atoms with Crippen LogP contribution in [0.1, 0.15) is 63.6 Å². The van der Waals surface area contributed by atoms with E-state index < -0.39 is 0 Å². The highest BCUT2D eigenvalue weighted by molar-refractivity contribution is 7.09. The summed E-state index contributed by atoms with van der Waals surface area (Å²) in [6, 6.07) is 14.6. The van der Waals surface area contributed by atoms with Crippen molar-refractivity contribution in [2.45, 2.75) is 45.8 Å². The Morgan fingerprint density at radius 2 is 2.03 bits per heavy atom. The molecule has 1 aromatic heterocycles. The molecule has 2 amide bonds. The lowest BCUT2D eigenvalue weighted by Crippen LogP contribution is -2.41. The van der Waals surface area contributed by atoms with Crippen LogP contribution in [-0.2, 0) is 17.8 Å². The van der Waals surface area contributed by atoms with Gasteiger partial charge in [-0.25, -0.2) is 4.98 Å². The SMILES string of the molecule is CCN(C)C(=O)c1csc(COc2ccc3c(c2)C(c2cccc(C)c2)N(C(=O)C2CC2)CC3)n1. The number of thiazole rings is 1. The molecule has 0 spiro atoms. The number of hydrogen-bond acceptors (Lipinski definition) is 5. The zero-order chi connectivity index (χ0) is 24.5. The summed E-state index contributed by atoms with van der Waals surface area (Å²) in [7, 11) is 1.77. The van der Waals surface area contributed by atoms with Gasteiger partial charge in [0.2, 0.25) is 5.91 Å². The van der Waals surface area contributed by atoms with Crippen LogP contribution < -0.4 is 4.74 Å². The number of fused-ring (bicyclic) bond motifs is 1. The van der Waals surface area contributed by atoms with Crippen molar-refractivity contribution in [2.75, 3.05) is 20.1 Å². The molecular formula is C28H31N3O3S. The summed E-state index contributed by atoms with van der Waals surface area (Å²) in [4.78, 5) is 33.8. The van der Waals surface area contributed by atoms with Gasteiger partial charge < -0.3 is 14.5 Å². The van der Waals surface area contributed by atoms with Crippen LogP contribution in [0.25, 0.3) is 0 Å². The molecule has 1 atom stereocenters. The molecule has 35 heavy (non-hydrogen) atoms. The van der Waals surface area contributed by atoms with Crippen LogP contribution in [0, 0.1) is 12.8 Å². The second kappa shape index (κ2) is 9.82. The van der Waals surface area contributed by atoms with E-state index in [0.29, 0.717) is 18.8 Å². The molecule has 1 aliphatic carbocycles. The van der Waals surface area contributed by atoms with Crippen molar-refractivity contribution >= 4 is 23.2 Å². The fourth-order valence-electron chi connectivity index (χ4n) is 4.64. The number of aromatic nitrogens is 1. The summed E-state index contributed by atoms with van der Waals surface area (Å²) in [6.45, 7) is 5.70. The van der Waals surface area contributed by atoms with E-state index in [-0.39, 0.29) is 23.8 Å². The largest absolute Gasteiger partial charge is 0.486 e. The first-order valence-corrected chi connectivity index (χ1v) is 13.1. The molecule has 5 rings (SSSR count). The zero-order valence-corrected chi connectivity index (χ0v) is 21.3. The highest BCUT2D eigenvalue weighted by Crippen LogP contribution is 2.41. The van der Waals surface area contributed by atoms with Crippen molar-refractivity contribution in [1.82, 2.24) is 14.8 Å². The van der Waals surface area contributed by atoms with Gasteiger partial charge >= 0.3 is 0 Å². The van der Waals surface area contributed by atoms with Gasteiger partial charge in [-0.2, -0.15) is 0 Å². The van der Waals surface area contributed by atoms with E-state index in [2.05, 4.69) is 53.2 Å². The first kappa shape index (κ1) is 23.5. The van der Waals surface area contributed by atoms with Gasteiger partial charge in [0.05, 0.1) is 6.04 Å². The fourth-order valence-corrected chi connectivity index (χ4v) is 5.32. The van der Waals surface area contributed by atoms with E-state index >= 15 is 0 Å². The smallest absolute Gasteiger partial charge is 0.273 e. The molecule has 0 saturated heterocycles. The first-order valence-electron chi connectivity index (χ1n) is 12.3. The summed E-state index contributed by atoms with van der Waals surface area (Å²) in [5, 5.41) is 2.55. The van der Waals surface area contributed by atoms with E-state index in [1.807, 2.05) is 13.0 Å². The zero-order valence-electron chi connectivity index (χ0n) is 20.5. The lowest BCUT2D eigenvalue weighted by atomic mass is 9.87. The molecule has 0 N–H and O–H groups in total. The molecule has 0 radical (unpaired) electrons. The average Bonchev–Trinajstić information content (AvgIpc) is 3.62. The van der Waals surface area contributed by atoms with Gasteiger partial charge in [0, 0.05) is 31.4 Å². The Morgan fingerprint density at radius 1 is 1.20 bits per heavy atom. The minimum absolute atomic E-state index is 0.0785. The molecule has 1 fully saturated rings. The molecule has 1 saturated carbocycles. The molecule has 2 aliphatic rings. The summed E-state index contributed by atoms with van der Waals surface area (Å²) >= 11 is 1.43. The molecule has 0 bridgehead atoms. The number of nitrogens with zero attached hydrogens (tertiary/aromatic N) is 3. The molecule has 6 nitrogen and oxygen atoms in total. The van der Waals surface area contributed by atoms with Crippen LogP contribution in [0.5, 0.6) is 5.75 Å². The summed E-state index contributed by atoms with van der Waals surface area (Å²) < 4.78 is 6.12. The van der Waals surface area contributed by atoms with Gasteiger partial charge in [-0.1, -0.05) is 35.9 Å². The summed E-state index contributed by atoms with van der Waals surface area (Å²) in [6.07, 6.45) is 2.84. The minimum Gasteiger partial charge on any atom is -0.486 e. The Hall–Kier alpha value is -3.19. The normalized spacial score (nSPS) is 17.1. The number of amides is 2. The highest BCUT2D eigenvalue weighted by Gasteiger charge is 2.39.